The number of aromatic nitrogens is 2. The third-order valence-corrected chi connectivity index (χ3v) is 10.3. The van der Waals surface area contributed by atoms with E-state index in [0.29, 0.717) is 22.2 Å². The number of benzene rings is 3. The lowest BCUT2D eigenvalue weighted by Crippen LogP contribution is -2.27. The van der Waals surface area contributed by atoms with Crippen molar-refractivity contribution in [3.05, 3.63) is 109 Å². The Balaban J connectivity index is 1.23. The Hall–Kier alpha value is -2.68. The third kappa shape index (κ3) is 5.14. The van der Waals surface area contributed by atoms with Crippen LogP contribution in [0.1, 0.15) is 26.5 Å². The smallest absolute Gasteiger partial charge is 0.238 e. The summed E-state index contributed by atoms with van der Waals surface area (Å²) in [5, 5.41) is 5.20. The maximum Gasteiger partial charge on any atom is 0.238 e. The number of carbonyl (C=O) groups is 1. The van der Waals surface area contributed by atoms with Crippen molar-refractivity contribution >= 4 is 69.2 Å². The molecule has 2 aromatic heterocycles. The summed E-state index contributed by atoms with van der Waals surface area (Å²) in [6.45, 7) is 2.03. The Labute approximate surface area is 243 Å². The molecule has 0 radical (unpaired) electrons. The van der Waals surface area contributed by atoms with E-state index in [9.17, 15) is 4.79 Å². The maximum atomic E-state index is 13.0. The Morgan fingerprint density at radius 2 is 1.76 bits per heavy atom. The topological polar surface area (TPSA) is 46.1 Å². The van der Waals surface area contributed by atoms with Crippen LogP contribution in [0.3, 0.4) is 0 Å². The zero-order valence-electron chi connectivity index (χ0n) is 20.2. The summed E-state index contributed by atoms with van der Waals surface area (Å²) in [7, 11) is 0. The van der Waals surface area contributed by atoms with Crippen molar-refractivity contribution in [1.29, 1.82) is 0 Å². The number of carbonyl (C=O) groups excluding carboxylic acids is 1. The van der Waals surface area contributed by atoms with Gasteiger partial charge in [0.25, 0.3) is 0 Å². The molecule has 9 heteroatoms. The highest BCUT2D eigenvalue weighted by molar-refractivity contribution is 8.01. The lowest BCUT2D eigenvalue weighted by atomic mass is 10.1. The first-order valence-electron chi connectivity index (χ1n) is 11.9. The lowest BCUT2D eigenvalue weighted by molar-refractivity contribution is -0.115. The highest BCUT2D eigenvalue weighted by Gasteiger charge is 2.36. The molecule has 1 atom stereocenters. The van der Waals surface area contributed by atoms with Gasteiger partial charge >= 0.3 is 0 Å². The average Bonchev–Trinajstić information content (AvgIpc) is 3.65. The number of thioether (sulfide) groups is 1. The molecule has 190 valence electrons. The van der Waals surface area contributed by atoms with E-state index >= 15 is 0 Å². The van der Waals surface area contributed by atoms with Crippen LogP contribution in [0.2, 0.25) is 10.0 Å². The van der Waals surface area contributed by atoms with Gasteiger partial charge in [0.05, 0.1) is 27.0 Å². The van der Waals surface area contributed by atoms with E-state index in [4.69, 9.17) is 33.2 Å². The molecule has 0 saturated carbocycles. The molecule has 38 heavy (non-hydrogen) atoms. The fraction of sp³-hybridized carbons (Fsp3) is 0.138. The van der Waals surface area contributed by atoms with Gasteiger partial charge in [-0.05, 0) is 36.8 Å². The van der Waals surface area contributed by atoms with Crippen LogP contribution in [0, 0.1) is 6.92 Å². The minimum Gasteiger partial charge on any atom is -0.294 e. The van der Waals surface area contributed by atoms with Gasteiger partial charge in [-0.3, -0.25) is 9.69 Å². The molecule has 4 nitrogen and oxygen atoms in total. The zero-order valence-corrected chi connectivity index (χ0v) is 24.2. The molecule has 1 amide bonds. The SMILES string of the molecule is Cc1nc(-c2ccccc2)sc1C1SCC(=O)N1c1ccc(-c2csc(Cc3ccc(Cl)cc3Cl)n2)cc1. The molecular formula is C29H21Cl2N3OS3. The summed E-state index contributed by atoms with van der Waals surface area (Å²) in [6.07, 6.45) is 0.652. The van der Waals surface area contributed by atoms with E-state index in [2.05, 4.69) is 17.5 Å². The van der Waals surface area contributed by atoms with Gasteiger partial charge in [0.2, 0.25) is 5.91 Å². The predicted octanol–water partition coefficient (Wildman–Crippen LogP) is 8.92. The fourth-order valence-corrected chi connectivity index (χ4v) is 8.23. The molecular weight excluding hydrogens is 573 g/mol. The molecule has 0 N–H and O–H groups in total. The van der Waals surface area contributed by atoms with Crippen LogP contribution in [0.15, 0.2) is 78.2 Å². The lowest BCUT2D eigenvalue weighted by Gasteiger charge is -2.23. The monoisotopic (exact) mass is 593 g/mol. The summed E-state index contributed by atoms with van der Waals surface area (Å²) in [5.74, 6) is 0.560. The zero-order chi connectivity index (χ0) is 26.2. The van der Waals surface area contributed by atoms with Gasteiger partial charge in [-0.2, -0.15) is 0 Å². The summed E-state index contributed by atoms with van der Waals surface area (Å²) >= 11 is 17.3. The number of hydrogen-bond donors (Lipinski definition) is 0. The highest BCUT2D eigenvalue weighted by Crippen LogP contribution is 2.46. The van der Waals surface area contributed by atoms with Crippen LogP contribution in [0.25, 0.3) is 21.8 Å². The molecule has 1 aliphatic rings. The van der Waals surface area contributed by atoms with Crippen molar-refractivity contribution in [1.82, 2.24) is 9.97 Å². The van der Waals surface area contributed by atoms with Crippen molar-refractivity contribution in [2.75, 3.05) is 10.7 Å². The van der Waals surface area contributed by atoms with Crippen molar-refractivity contribution in [2.24, 2.45) is 0 Å². The molecule has 1 fully saturated rings. The van der Waals surface area contributed by atoms with Crippen LogP contribution < -0.4 is 4.90 Å². The predicted molar refractivity (Wildman–Crippen MR) is 162 cm³/mol. The summed E-state index contributed by atoms with van der Waals surface area (Å²) in [6, 6.07) is 23.8. The van der Waals surface area contributed by atoms with Crippen LogP contribution in [-0.4, -0.2) is 21.6 Å². The van der Waals surface area contributed by atoms with E-state index in [-0.39, 0.29) is 11.3 Å². The van der Waals surface area contributed by atoms with Crippen molar-refractivity contribution < 1.29 is 4.79 Å². The van der Waals surface area contributed by atoms with Crippen molar-refractivity contribution in [3.8, 4) is 21.8 Å². The summed E-state index contributed by atoms with van der Waals surface area (Å²) < 4.78 is 0. The summed E-state index contributed by atoms with van der Waals surface area (Å²) in [5.41, 5.74) is 5.86. The number of anilines is 1. The van der Waals surface area contributed by atoms with Gasteiger partial charge in [-0.25, -0.2) is 9.97 Å². The molecule has 1 aliphatic heterocycles. The number of aryl methyl sites for hydroxylation is 1. The normalized spacial score (nSPS) is 15.4. The second-order valence-electron chi connectivity index (χ2n) is 8.85. The first kappa shape index (κ1) is 25.6. The first-order chi connectivity index (χ1) is 18.5. The molecule has 0 spiro atoms. The molecule has 0 aliphatic carbocycles. The summed E-state index contributed by atoms with van der Waals surface area (Å²) in [4.78, 5) is 25.6. The maximum absolute atomic E-state index is 13.0. The van der Waals surface area contributed by atoms with Gasteiger partial charge in [0, 0.05) is 38.7 Å². The van der Waals surface area contributed by atoms with E-state index in [1.54, 1.807) is 40.5 Å². The average molecular weight is 595 g/mol. The van der Waals surface area contributed by atoms with E-state index < -0.39 is 0 Å². The van der Waals surface area contributed by atoms with E-state index in [0.717, 1.165) is 48.7 Å². The second kappa shape index (κ2) is 10.8. The van der Waals surface area contributed by atoms with Crippen molar-refractivity contribution in [3.63, 3.8) is 0 Å². The fourth-order valence-electron chi connectivity index (χ4n) is 4.38. The first-order valence-corrected chi connectivity index (χ1v) is 15.4. The number of thiazole rings is 2. The Morgan fingerprint density at radius 1 is 0.974 bits per heavy atom. The number of nitrogens with zero attached hydrogens (tertiary/aromatic N) is 3. The van der Waals surface area contributed by atoms with Gasteiger partial charge < -0.3 is 0 Å². The van der Waals surface area contributed by atoms with Crippen LogP contribution in [-0.2, 0) is 11.2 Å². The quantitative estimate of drug-likeness (QED) is 0.197. The minimum atomic E-state index is -0.0849. The number of hydrogen-bond acceptors (Lipinski definition) is 6. The van der Waals surface area contributed by atoms with Crippen LogP contribution >= 0.6 is 57.6 Å². The molecule has 5 aromatic rings. The molecule has 3 aromatic carbocycles. The molecule has 6 rings (SSSR count). The van der Waals surface area contributed by atoms with Gasteiger partial charge in [-0.1, -0.05) is 71.7 Å². The number of halogens is 2. The molecule has 1 saturated heterocycles. The Morgan fingerprint density at radius 3 is 2.53 bits per heavy atom. The number of rotatable bonds is 6. The van der Waals surface area contributed by atoms with E-state index in [1.165, 1.54) is 0 Å². The van der Waals surface area contributed by atoms with Gasteiger partial charge in [-0.15, -0.1) is 34.4 Å². The van der Waals surface area contributed by atoms with Crippen LogP contribution in [0.4, 0.5) is 5.69 Å². The van der Waals surface area contributed by atoms with Crippen molar-refractivity contribution in [2.45, 2.75) is 18.7 Å². The highest BCUT2D eigenvalue weighted by atomic mass is 35.5. The van der Waals surface area contributed by atoms with E-state index in [1.807, 2.05) is 66.4 Å². The Kier molecular flexibility index (Phi) is 7.29. The third-order valence-electron chi connectivity index (χ3n) is 6.30. The number of amides is 1. The van der Waals surface area contributed by atoms with Gasteiger partial charge in [0.15, 0.2) is 0 Å². The minimum absolute atomic E-state index is 0.0849. The molecule has 3 heterocycles. The van der Waals surface area contributed by atoms with Gasteiger partial charge in [0.1, 0.15) is 10.4 Å². The largest absolute Gasteiger partial charge is 0.294 e. The van der Waals surface area contributed by atoms with Crippen LogP contribution in [0.5, 0.6) is 0 Å². The molecule has 1 unspecified atom stereocenters. The standard InChI is InChI=1S/C29H21Cl2N3OS3/c1-17-27(38-28(32-17)19-5-3-2-4-6-19)29-34(26(35)16-37-29)22-11-8-18(9-12-22)24-15-36-25(33-24)13-20-7-10-21(30)14-23(20)31/h2-12,14-15,29H,13,16H2,1H3. The second-order valence-corrected chi connectivity index (χ2v) is 12.7. The Bertz CT molecular complexity index is 1620. The molecule has 0 bridgehead atoms.